The smallest absolute Gasteiger partial charge is 0.0936 e. The number of benzene rings is 2. The minimum atomic E-state index is -0.689. The van der Waals surface area contributed by atoms with Gasteiger partial charge in [0, 0.05) is 38.6 Å². The van der Waals surface area contributed by atoms with Gasteiger partial charge in [0.2, 0.25) is 0 Å². The molecular weight excluding hydrogens is 368 g/mol. The predicted octanol–water partition coefficient (Wildman–Crippen LogP) is 4.85. The molecule has 4 rings (SSSR count). The first-order valence-electron chi connectivity index (χ1n) is 10.6. The lowest BCUT2D eigenvalue weighted by Gasteiger charge is -2.44. The number of para-hydroxylation sites is 1. The second kappa shape index (κ2) is 8.44. The zero-order valence-electron chi connectivity index (χ0n) is 16.8. The van der Waals surface area contributed by atoms with Crippen LogP contribution in [0.15, 0.2) is 48.5 Å². The molecule has 28 heavy (non-hydrogen) atoms. The van der Waals surface area contributed by atoms with Crippen molar-refractivity contribution in [2.24, 2.45) is 5.92 Å². The highest BCUT2D eigenvalue weighted by Gasteiger charge is 2.41. The molecule has 0 spiro atoms. The Bertz CT molecular complexity index is 785. The normalized spacial score (nSPS) is 26.4. The summed E-state index contributed by atoms with van der Waals surface area (Å²) in [6.07, 6.45) is 4.31. The first-order valence-corrected chi connectivity index (χ1v) is 11.0. The van der Waals surface area contributed by atoms with E-state index in [1.165, 1.54) is 12.0 Å². The molecule has 2 aromatic rings. The maximum atomic E-state index is 11.6. The monoisotopic (exact) mass is 398 g/mol. The van der Waals surface area contributed by atoms with E-state index in [-0.39, 0.29) is 0 Å². The van der Waals surface area contributed by atoms with Gasteiger partial charge in [0.1, 0.15) is 0 Å². The van der Waals surface area contributed by atoms with E-state index in [2.05, 4.69) is 53.1 Å². The Labute approximate surface area is 173 Å². The molecule has 2 atom stereocenters. The van der Waals surface area contributed by atoms with E-state index >= 15 is 0 Å². The average molecular weight is 399 g/mol. The summed E-state index contributed by atoms with van der Waals surface area (Å²) in [5.74, 6) is 0.302. The summed E-state index contributed by atoms with van der Waals surface area (Å²) in [6.45, 7) is 7.08. The number of anilines is 1. The van der Waals surface area contributed by atoms with E-state index in [0.29, 0.717) is 5.92 Å². The third-order valence-electron chi connectivity index (χ3n) is 6.63. The van der Waals surface area contributed by atoms with Gasteiger partial charge in [-0.25, -0.2) is 0 Å². The highest BCUT2D eigenvalue weighted by Crippen LogP contribution is 2.42. The number of hydrogen-bond acceptors (Lipinski definition) is 3. The molecule has 0 radical (unpaired) electrons. The lowest BCUT2D eigenvalue weighted by Crippen LogP contribution is -2.51. The molecule has 0 amide bonds. The van der Waals surface area contributed by atoms with Gasteiger partial charge in [-0.1, -0.05) is 66.4 Å². The fourth-order valence-electron chi connectivity index (χ4n) is 4.88. The molecule has 2 aromatic carbocycles. The third-order valence-corrected chi connectivity index (χ3v) is 6.95. The molecule has 150 valence electrons. The average Bonchev–Trinajstić information content (AvgIpc) is 2.71. The Hall–Kier alpha value is -1.55. The highest BCUT2D eigenvalue weighted by atomic mass is 35.5. The first-order chi connectivity index (χ1) is 13.6. The Kier molecular flexibility index (Phi) is 5.96. The molecule has 2 unspecified atom stereocenters. The number of halogens is 1. The van der Waals surface area contributed by atoms with E-state index in [0.717, 1.165) is 68.3 Å². The van der Waals surface area contributed by atoms with Crippen LogP contribution in [0.2, 0.25) is 5.02 Å². The summed E-state index contributed by atoms with van der Waals surface area (Å²) >= 11 is 6.38. The second-order valence-electron chi connectivity index (χ2n) is 8.47. The molecule has 2 fully saturated rings. The zero-order valence-corrected chi connectivity index (χ0v) is 17.5. The minimum absolute atomic E-state index is 0.302. The van der Waals surface area contributed by atoms with Crippen LogP contribution in [0.1, 0.15) is 36.8 Å². The van der Waals surface area contributed by atoms with E-state index in [1.807, 2.05) is 12.1 Å². The summed E-state index contributed by atoms with van der Waals surface area (Å²) in [5.41, 5.74) is 2.79. The lowest BCUT2D eigenvalue weighted by atomic mass is 9.71. The van der Waals surface area contributed by atoms with Crippen LogP contribution in [0.3, 0.4) is 0 Å². The second-order valence-corrected chi connectivity index (χ2v) is 8.88. The molecule has 1 aliphatic heterocycles. The maximum Gasteiger partial charge on any atom is 0.0936 e. The van der Waals surface area contributed by atoms with Crippen molar-refractivity contribution in [3.8, 4) is 0 Å². The van der Waals surface area contributed by atoms with Gasteiger partial charge >= 0.3 is 0 Å². The standard InChI is InChI=1S/C24H31ClN2O/c1-19-9-11-20(12-10-19)24(28)13-5-4-6-21(24)18-26-14-16-27(17-15-26)23-8-3-2-7-22(23)25/h2-3,7-12,21,28H,4-6,13-18H2,1H3. The topological polar surface area (TPSA) is 26.7 Å². The molecule has 1 N–H and O–H groups in total. The molecule has 1 saturated heterocycles. The van der Waals surface area contributed by atoms with Gasteiger partial charge in [-0.15, -0.1) is 0 Å². The Morgan fingerprint density at radius 2 is 1.71 bits per heavy atom. The molecule has 1 heterocycles. The van der Waals surface area contributed by atoms with Crippen LogP contribution < -0.4 is 4.90 Å². The van der Waals surface area contributed by atoms with Crippen molar-refractivity contribution < 1.29 is 5.11 Å². The van der Waals surface area contributed by atoms with Crippen LogP contribution in [0.5, 0.6) is 0 Å². The molecule has 0 bridgehead atoms. The number of nitrogens with zero attached hydrogens (tertiary/aromatic N) is 2. The van der Waals surface area contributed by atoms with Gasteiger partial charge in [-0.2, -0.15) is 0 Å². The summed E-state index contributed by atoms with van der Waals surface area (Å²) < 4.78 is 0. The van der Waals surface area contributed by atoms with Crippen molar-refractivity contribution in [3.63, 3.8) is 0 Å². The number of piperazine rings is 1. The number of aryl methyl sites for hydroxylation is 1. The molecule has 0 aromatic heterocycles. The van der Waals surface area contributed by atoms with Crippen molar-refractivity contribution in [2.75, 3.05) is 37.6 Å². The van der Waals surface area contributed by atoms with E-state index in [9.17, 15) is 5.11 Å². The van der Waals surface area contributed by atoms with Crippen LogP contribution in [-0.4, -0.2) is 42.7 Å². The zero-order chi connectivity index (χ0) is 19.6. The summed E-state index contributed by atoms with van der Waals surface area (Å²) in [4.78, 5) is 4.91. The van der Waals surface area contributed by atoms with Crippen molar-refractivity contribution in [1.82, 2.24) is 4.90 Å². The fraction of sp³-hybridized carbons (Fsp3) is 0.500. The van der Waals surface area contributed by atoms with Crippen molar-refractivity contribution in [3.05, 3.63) is 64.7 Å². The molecule has 3 nitrogen and oxygen atoms in total. The minimum Gasteiger partial charge on any atom is -0.385 e. The van der Waals surface area contributed by atoms with Gasteiger partial charge in [-0.05, 0) is 37.5 Å². The number of aliphatic hydroxyl groups is 1. The SMILES string of the molecule is Cc1ccc(C2(O)CCCCC2CN2CCN(c3ccccc3Cl)CC2)cc1. The van der Waals surface area contributed by atoms with Crippen molar-refractivity contribution in [1.29, 1.82) is 0 Å². The molecule has 4 heteroatoms. The molecule has 1 saturated carbocycles. The van der Waals surface area contributed by atoms with Gasteiger partial charge < -0.3 is 10.0 Å². The quantitative estimate of drug-likeness (QED) is 0.797. The molecule has 2 aliphatic rings. The number of rotatable bonds is 4. The summed E-state index contributed by atoms with van der Waals surface area (Å²) in [7, 11) is 0. The van der Waals surface area contributed by atoms with Crippen LogP contribution >= 0.6 is 11.6 Å². The summed E-state index contributed by atoms with van der Waals surface area (Å²) in [5, 5.41) is 12.5. The Morgan fingerprint density at radius 3 is 2.43 bits per heavy atom. The van der Waals surface area contributed by atoms with Gasteiger partial charge in [0.15, 0.2) is 0 Å². The fourth-order valence-corrected chi connectivity index (χ4v) is 5.14. The highest BCUT2D eigenvalue weighted by molar-refractivity contribution is 6.33. The van der Waals surface area contributed by atoms with Crippen molar-refractivity contribution >= 4 is 17.3 Å². The van der Waals surface area contributed by atoms with Gasteiger partial charge in [0.25, 0.3) is 0 Å². The predicted molar refractivity (Wildman–Crippen MR) is 117 cm³/mol. The van der Waals surface area contributed by atoms with Crippen LogP contribution in [-0.2, 0) is 5.60 Å². The van der Waals surface area contributed by atoms with Crippen molar-refractivity contribution in [2.45, 2.75) is 38.2 Å². The van der Waals surface area contributed by atoms with Crippen LogP contribution in [0.4, 0.5) is 5.69 Å². The Morgan fingerprint density at radius 1 is 1.00 bits per heavy atom. The summed E-state index contributed by atoms with van der Waals surface area (Å²) in [6, 6.07) is 16.6. The molecule has 1 aliphatic carbocycles. The van der Waals surface area contributed by atoms with Crippen LogP contribution in [0.25, 0.3) is 0 Å². The first kappa shape index (κ1) is 19.8. The Balaban J connectivity index is 1.42. The van der Waals surface area contributed by atoms with E-state index in [1.54, 1.807) is 0 Å². The largest absolute Gasteiger partial charge is 0.385 e. The van der Waals surface area contributed by atoms with Gasteiger partial charge in [-0.3, -0.25) is 4.90 Å². The van der Waals surface area contributed by atoms with Crippen LogP contribution in [0, 0.1) is 12.8 Å². The van der Waals surface area contributed by atoms with Gasteiger partial charge in [0.05, 0.1) is 16.3 Å². The number of hydrogen-bond donors (Lipinski definition) is 1. The molecular formula is C24H31ClN2O. The third kappa shape index (κ3) is 4.07. The maximum absolute atomic E-state index is 11.6. The lowest BCUT2D eigenvalue weighted by molar-refractivity contribution is -0.0660. The van der Waals surface area contributed by atoms with E-state index in [4.69, 9.17) is 11.6 Å². The van der Waals surface area contributed by atoms with E-state index < -0.39 is 5.60 Å².